The van der Waals surface area contributed by atoms with Gasteiger partial charge in [0.05, 0.1) is 0 Å². The Kier molecular flexibility index (Phi) is 10.4. The zero-order valence-electron chi connectivity index (χ0n) is 19.1. The van der Waals surface area contributed by atoms with Crippen molar-refractivity contribution in [1.82, 2.24) is 0 Å². The Labute approximate surface area is 229 Å². The maximum atomic E-state index is 10.1. The quantitative estimate of drug-likeness (QED) is 0.155. The minimum absolute atomic E-state index is 0.00915. The van der Waals surface area contributed by atoms with Crippen molar-refractivity contribution in [2.45, 2.75) is 45.4 Å². The molecule has 168 valence electrons. The van der Waals surface area contributed by atoms with E-state index >= 15 is 0 Å². The van der Waals surface area contributed by atoms with Gasteiger partial charge in [0.25, 0.3) is 0 Å². The molecule has 2 aromatic rings. The Hall–Kier alpha value is -0.0900. The number of hydrogen-bond acceptors (Lipinski definition) is 1. The van der Waals surface area contributed by atoms with E-state index in [1.165, 1.54) is 27.8 Å². The Morgan fingerprint density at radius 3 is 2.16 bits per heavy atom. The molecule has 0 aromatic heterocycles. The van der Waals surface area contributed by atoms with Crippen molar-refractivity contribution in [2.75, 3.05) is 13.3 Å². The molecule has 2 unspecified atom stereocenters. The van der Waals surface area contributed by atoms with Crippen LogP contribution in [0.1, 0.15) is 43.0 Å². The van der Waals surface area contributed by atoms with Crippen molar-refractivity contribution in [3.05, 3.63) is 88.5 Å². The average molecular weight is 754 g/mol. The number of benzene rings is 2. The fourth-order valence-electron chi connectivity index (χ4n) is 4.13. The van der Waals surface area contributed by atoms with Crippen LogP contribution >= 0.6 is 67.8 Å². The number of alkyl halides is 3. The third-order valence-corrected chi connectivity index (χ3v) is 11.0. The lowest BCUT2D eigenvalue weighted by Gasteiger charge is -2.37. The molecule has 4 heteroatoms. The van der Waals surface area contributed by atoms with Crippen molar-refractivity contribution in [3.63, 3.8) is 0 Å². The van der Waals surface area contributed by atoms with E-state index in [4.69, 9.17) is 0 Å². The predicted octanol–water partition coefficient (Wildman–Crippen LogP) is 8.65. The van der Waals surface area contributed by atoms with Crippen molar-refractivity contribution >= 4 is 67.8 Å². The van der Waals surface area contributed by atoms with E-state index in [0.29, 0.717) is 11.7 Å². The van der Waals surface area contributed by atoms with Gasteiger partial charge in [0, 0.05) is 24.1 Å². The van der Waals surface area contributed by atoms with Crippen molar-refractivity contribution in [1.29, 1.82) is 0 Å². The van der Waals surface area contributed by atoms with Crippen LogP contribution in [0, 0.1) is 19.8 Å². The molecule has 0 aliphatic carbocycles. The van der Waals surface area contributed by atoms with Gasteiger partial charge >= 0.3 is 0 Å². The van der Waals surface area contributed by atoms with Gasteiger partial charge in [-0.1, -0.05) is 136 Å². The highest BCUT2D eigenvalue weighted by Gasteiger charge is 2.36. The Morgan fingerprint density at radius 2 is 1.58 bits per heavy atom. The zero-order valence-corrected chi connectivity index (χ0v) is 25.5. The molecular formula is C27H33I3O. The van der Waals surface area contributed by atoms with E-state index in [1.807, 2.05) is 12.1 Å². The largest absolute Gasteiger partial charge is 0.508 e. The summed E-state index contributed by atoms with van der Waals surface area (Å²) in [5.41, 5.74) is 6.64. The summed E-state index contributed by atoms with van der Waals surface area (Å²) in [5, 5.41) is 10.1. The summed E-state index contributed by atoms with van der Waals surface area (Å²) < 4.78 is 3.04. The Morgan fingerprint density at radius 1 is 0.968 bits per heavy atom. The topological polar surface area (TPSA) is 20.2 Å². The minimum Gasteiger partial charge on any atom is -0.508 e. The summed E-state index contributed by atoms with van der Waals surface area (Å²) in [7, 11) is 0. The lowest BCUT2D eigenvalue weighted by molar-refractivity contribution is 0.428. The van der Waals surface area contributed by atoms with E-state index in [-0.39, 0.29) is 10.8 Å². The molecule has 2 aromatic carbocycles. The maximum absolute atomic E-state index is 10.1. The molecule has 2 rings (SSSR count). The van der Waals surface area contributed by atoms with Crippen LogP contribution in [0.25, 0.3) is 0 Å². The van der Waals surface area contributed by atoms with Gasteiger partial charge in [-0.05, 0) is 61.1 Å². The van der Waals surface area contributed by atoms with E-state index in [9.17, 15) is 5.11 Å². The fourth-order valence-corrected chi connectivity index (χ4v) is 8.93. The number of aryl methyl sites for hydroxylation is 2. The highest BCUT2D eigenvalue weighted by atomic mass is 127. The van der Waals surface area contributed by atoms with Crippen molar-refractivity contribution in [2.24, 2.45) is 5.92 Å². The second-order valence-corrected chi connectivity index (χ2v) is 11.0. The molecule has 0 amide bonds. The first-order valence-electron chi connectivity index (χ1n) is 10.6. The molecule has 1 nitrogen and oxygen atoms in total. The predicted molar refractivity (Wildman–Crippen MR) is 162 cm³/mol. The maximum Gasteiger partial charge on any atom is 0.115 e. The van der Waals surface area contributed by atoms with E-state index in [1.54, 1.807) is 6.07 Å². The lowest BCUT2D eigenvalue weighted by Crippen LogP contribution is -2.37. The number of halogens is 3. The average Bonchev–Trinajstić information content (AvgIpc) is 2.77. The molecule has 0 aliphatic heterocycles. The van der Waals surface area contributed by atoms with Crippen LogP contribution in [0.2, 0.25) is 0 Å². The number of phenols is 1. The summed E-state index contributed by atoms with van der Waals surface area (Å²) in [6.07, 6.45) is 6.88. The van der Waals surface area contributed by atoms with E-state index in [2.05, 4.69) is 145 Å². The molecular weight excluding hydrogens is 721 g/mol. The first-order chi connectivity index (χ1) is 14.7. The van der Waals surface area contributed by atoms with Gasteiger partial charge in [0.1, 0.15) is 5.75 Å². The van der Waals surface area contributed by atoms with Gasteiger partial charge in [-0.15, -0.1) is 0 Å². The summed E-state index contributed by atoms with van der Waals surface area (Å²) in [6, 6.07) is 14.5. The van der Waals surface area contributed by atoms with Gasteiger partial charge in [0.2, 0.25) is 0 Å². The monoisotopic (exact) mass is 754 g/mol. The smallest absolute Gasteiger partial charge is 0.115 e. The minimum atomic E-state index is -0.00915. The standard InChI is InChI=1S/C27H33I3O/c1-19-9-6-7-12-24(19)26(5,16-28)21(3)10-8-11-22(4)27(17-29,18-30)25-15-23(31)14-13-20(25)2/h6-15,22,31H,16-18H2,1-5H3/b11-8+,21-10-. The third-order valence-electron chi connectivity index (χ3n) is 6.73. The van der Waals surface area contributed by atoms with Crippen LogP contribution in [0.15, 0.2) is 66.3 Å². The molecule has 0 heterocycles. The number of aromatic hydroxyl groups is 1. The van der Waals surface area contributed by atoms with E-state index < -0.39 is 0 Å². The molecule has 2 atom stereocenters. The van der Waals surface area contributed by atoms with Crippen LogP contribution in [-0.4, -0.2) is 18.4 Å². The number of phenolic OH excluding ortho intramolecular Hbond substituents is 1. The number of allylic oxidation sites excluding steroid dienone is 4. The second-order valence-electron chi connectivity index (χ2n) is 8.73. The SMILES string of the molecule is C/C(=C/C=C/C(C)C(CI)(CI)c1cc(O)ccc1C)C(C)(CI)c1ccccc1C. The molecule has 0 spiro atoms. The van der Waals surface area contributed by atoms with Gasteiger partial charge in [-0.2, -0.15) is 0 Å². The Bertz CT molecular complexity index is 943. The molecule has 31 heavy (non-hydrogen) atoms. The fraction of sp³-hybridized carbons (Fsp3) is 0.407. The van der Waals surface area contributed by atoms with Crippen LogP contribution in [0.5, 0.6) is 5.75 Å². The van der Waals surface area contributed by atoms with Crippen LogP contribution < -0.4 is 0 Å². The van der Waals surface area contributed by atoms with Crippen LogP contribution in [0.4, 0.5) is 0 Å². The highest BCUT2D eigenvalue weighted by molar-refractivity contribution is 14.1. The molecule has 0 radical (unpaired) electrons. The number of hydrogen-bond donors (Lipinski definition) is 1. The van der Waals surface area contributed by atoms with Gasteiger partial charge < -0.3 is 5.11 Å². The second kappa shape index (κ2) is 11.9. The zero-order chi connectivity index (χ0) is 23.2. The normalized spacial score (nSPS) is 15.8. The van der Waals surface area contributed by atoms with Gasteiger partial charge in [0.15, 0.2) is 0 Å². The molecule has 0 saturated carbocycles. The molecule has 0 aliphatic rings. The summed E-state index contributed by atoms with van der Waals surface area (Å²) >= 11 is 7.53. The number of rotatable bonds is 9. The third kappa shape index (κ3) is 5.89. The molecule has 1 N–H and O–H groups in total. The van der Waals surface area contributed by atoms with Crippen LogP contribution in [0.3, 0.4) is 0 Å². The lowest BCUT2D eigenvalue weighted by atomic mass is 9.72. The van der Waals surface area contributed by atoms with Gasteiger partial charge in [-0.3, -0.25) is 0 Å². The van der Waals surface area contributed by atoms with Crippen molar-refractivity contribution in [3.8, 4) is 5.75 Å². The molecule has 0 bridgehead atoms. The first-order valence-corrected chi connectivity index (χ1v) is 15.1. The summed E-state index contributed by atoms with van der Waals surface area (Å²) in [4.78, 5) is 0. The van der Waals surface area contributed by atoms with Crippen molar-refractivity contribution < 1.29 is 5.11 Å². The molecule has 0 saturated heterocycles. The summed E-state index contributed by atoms with van der Waals surface area (Å²) in [6.45, 7) is 11.3. The van der Waals surface area contributed by atoms with Crippen LogP contribution in [-0.2, 0) is 10.8 Å². The van der Waals surface area contributed by atoms with E-state index in [0.717, 1.165) is 13.3 Å². The molecule has 0 fully saturated rings. The summed E-state index contributed by atoms with van der Waals surface area (Å²) in [5.74, 6) is 0.692. The first kappa shape index (κ1) is 27.2. The highest BCUT2D eigenvalue weighted by Crippen LogP contribution is 2.41. The van der Waals surface area contributed by atoms with Gasteiger partial charge in [-0.25, -0.2) is 0 Å². The Balaban J connectivity index is 2.39.